The van der Waals surface area contributed by atoms with Crippen molar-refractivity contribution < 1.29 is 9.60 Å². The molecule has 1 saturated carbocycles. The van der Waals surface area contributed by atoms with Crippen molar-refractivity contribution in [1.29, 1.82) is 5.41 Å². The fourth-order valence-corrected chi connectivity index (χ4v) is 4.42. The van der Waals surface area contributed by atoms with Crippen LogP contribution in [0.3, 0.4) is 0 Å². The fourth-order valence-electron chi connectivity index (χ4n) is 4.42. The minimum absolute atomic E-state index is 0.0428. The van der Waals surface area contributed by atoms with Gasteiger partial charge < -0.3 is 15.2 Å². The number of halogens is 1. The van der Waals surface area contributed by atoms with Gasteiger partial charge in [-0.2, -0.15) is 0 Å². The number of hydrogen-bond donors (Lipinski definition) is 4. The Morgan fingerprint density at radius 3 is 2.68 bits per heavy atom. The van der Waals surface area contributed by atoms with Gasteiger partial charge in [-0.3, -0.25) is 20.9 Å². The molecule has 1 aliphatic carbocycles. The molecule has 2 atom stereocenters. The molecule has 4 rings (SSSR count). The first kappa shape index (κ1) is 18.9. The van der Waals surface area contributed by atoms with Crippen LogP contribution >= 0.6 is 0 Å². The van der Waals surface area contributed by atoms with E-state index in [9.17, 15) is 10.0 Å². The molecular formula is C20H26FN5O2. The monoisotopic (exact) mass is 387 g/mol. The van der Waals surface area contributed by atoms with Crippen molar-refractivity contribution in [3.63, 3.8) is 0 Å². The van der Waals surface area contributed by atoms with Crippen LogP contribution in [-0.4, -0.2) is 34.7 Å². The largest absolute Gasteiger partial charge is 0.369 e. The quantitative estimate of drug-likeness (QED) is 0.366. The van der Waals surface area contributed by atoms with Crippen LogP contribution in [0.15, 0.2) is 16.9 Å². The number of nitrogens with zero attached hydrogens (tertiary/aromatic N) is 2. The summed E-state index contributed by atoms with van der Waals surface area (Å²) in [5, 5.41) is 17.6. The number of pyridine rings is 1. The van der Waals surface area contributed by atoms with Crippen molar-refractivity contribution in [3.05, 3.63) is 39.4 Å². The Balaban J connectivity index is 1.96. The molecule has 28 heavy (non-hydrogen) atoms. The Bertz CT molecular complexity index is 1010. The zero-order valence-corrected chi connectivity index (χ0v) is 16.1. The summed E-state index contributed by atoms with van der Waals surface area (Å²) in [4.78, 5) is 14.8. The van der Waals surface area contributed by atoms with Crippen LogP contribution in [0.4, 0.5) is 10.1 Å². The number of rotatable bonds is 4. The molecule has 5 N–H and O–H groups in total. The topological polar surface area (TPSA) is 107 Å². The first-order valence-electron chi connectivity index (χ1n) is 9.71. The molecule has 150 valence electrons. The molecule has 1 aliphatic heterocycles. The number of aromatic nitrogens is 1. The molecule has 0 radical (unpaired) electrons. The average Bonchev–Trinajstić information content (AvgIpc) is 3.37. The van der Waals surface area contributed by atoms with Gasteiger partial charge in [-0.1, -0.05) is 0 Å². The number of nitrogens with one attached hydrogen (secondary N) is 2. The summed E-state index contributed by atoms with van der Waals surface area (Å²) in [6.45, 7) is 5.21. The summed E-state index contributed by atoms with van der Waals surface area (Å²) in [7, 11) is 0. The van der Waals surface area contributed by atoms with E-state index in [1.54, 1.807) is 10.0 Å². The maximum absolute atomic E-state index is 15.2. The highest BCUT2D eigenvalue weighted by Crippen LogP contribution is 2.40. The SMILES string of the molecule is Cc1c(N2CCC([C@H](C)N)C2)c(F)cc2c(C(=N)NO)cc(=O)n(C3CC3)c12. The molecule has 1 aromatic heterocycles. The molecule has 0 spiro atoms. The van der Waals surface area contributed by atoms with Crippen molar-refractivity contribution in [2.75, 3.05) is 18.0 Å². The van der Waals surface area contributed by atoms with Crippen LogP contribution < -0.4 is 21.7 Å². The van der Waals surface area contributed by atoms with Gasteiger partial charge in [-0.25, -0.2) is 4.39 Å². The van der Waals surface area contributed by atoms with Gasteiger partial charge in [0.15, 0.2) is 0 Å². The Labute approximate surface area is 162 Å². The summed E-state index contributed by atoms with van der Waals surface area (Å²) in [5.74, 6) is -0.406. The van der Waals surface area contributed by atoms with E-state index in [4.69, 9.17) is 11.1 Å². The highest BCUT2D eigenvalue weighted by molar-refractivity contribution is 6.08. The van der Waals surface area contributed by atoms with Crippen molar-refractivity contribution >= 4 is 22.4 Å². The standard InChI is InChI=1S/C20H26FN5O2/c1-10-18-14(7-16(21)19(10)25-6-5-12(9-25)11(2)22)15(20(23)24-28)8-17(27)26(18)13-3-4-13/h7-8,11-13,28H,3-6,9,22H2,1-2H3,(H2,23,24)/t11-,12?/m0/s1. The van der Waals surface area contributed by atoms with Gasteiger partial charge in [-0.05, 0) is 50.7 Å². The first-order chi connectivity index (χ1) is 13.3. The third-order valence-electron chi connectivity index (χ3n) is 6.08. The highest BCUT2D eigenvalue weighted by atomic mass is 19.1. The van der Waals surface area contributed by atoms with E-state index in [1.165, 1.54) is 12.1 Å². The summed E-state index contributed by atoms with van der Waals surface area (Å²) in [6.07, 6.45) is 2.72. The maximum Gasteiger partial charge on any atom is 0.252 e. The van der Waals surface area contributed by atoms with E-state index in [2.05, 4.69) is 0 Å². The second-order valence-corrected chi connectivity index (χ2v) is 8.07. The van der Waals surface area contributed by atoms with Crippen LogP contribution in [0.2, 0.25) is 0 Å². The van der Waals surface area contributed by atoms with E-state index < -0.39 is 0 Å². The van der Waals surface area contributed by atoms with Gasteiger partial charge in [-0.15, -0.1) is 0 Å². The number of benzene rings is 1. The molecule has 2 fully saturated rings. The number of aryl methyl sites for hydroxylation is 1. The van der Waals surface area contributed by atoms with E-state index >= 15 is 4.39 Å². The van der Waals surface area contributed by atoms with Gasteiger partial charge >= 0.3 is 0 Å². The van der Waals surface area contributed by atoms with Crippen molar-refractivity contribution in [2.24, 2.45) is 11.7 Å². The lowest BCUT2D eigenvalue weighted by molar-refractivity contribution is 0.234. The van der Waals surface area contributed by atoms with Crippen molar-refractivity contribution in [3.8, 4) is 0 Å². The molecule has 1 saturated heterocycles. The normalized spacial score (nSPS) is 20.6. The second kappa shape index (κ2) is 6.86. The summed E-state index contributed by atoms with van der Waals surface area (Å²) >= 11 is 0. The van der Waals surface area contributed by atoms with E-state index in [0.29, 0.717) is 34.6 Å². The lowest BCUT2D eigenvalue weighted by atomic mass is 10.0. The van der Waals surface area contributed by atoms with Gasteiger partial charge in [0, 0.05) is 42.2 Å². The fraction of sp³-hybridized carbons (Fsp3) is 0.500. The van der Waals surface area contributed by atoms with Crippen LogP contribution in [0.25, 0.3) is 10.9 Å². The van der Waals surface area contributed by atoms with Crippen molar-refractivity contribution in [1.82, 2.24) is 10.0 Å². The number of anilines is 1. The first-order valence-corrected chi connectivity index (χ1v) is 9.71. The minimum atomic E-state index is -0.386. The Hall–Kier alpha value is -2.45. The maximum atomic E-state index is 15.2. The van der Waals surface area contributed by atoms with Crippen LogP contribution in [0, 0.1) is 24.1 Å². The Morgan fingerprint density at radius 1 is 1.39 bits per heavy atom. The predicted octanol–water partition coefficient (Wildman–Crippen LogP) is 2.26. The molecule has 2 aromatic rings. The van der Waals surface area contributed by atoms with Crippen LogP contribution in [0.1, 0.15) is 43.4 Å². The number of hydrogen-bond acceptors (Lipinski definition) is 5. The number of nitrogens with two attached hydrogens (primary N) is 1. The van der Waals surface area contributed by atoms with Gasteiger partial charge in [0.05, 0.1) is 11.2 Å². The number of hydroxylamine groups is 1. The Morgan fingerprint density at radius 2 is 2.11 bits per heavy atom. The highest BCUT2D eigenvalue weighted by Gasteiger charge is 2.32. The molecule has 2 aliphatic rings. The predicted molar refractivity (Wildman–Crippen MR) is 107 cm³/mol. The molecular weight excluding hydrogens is 361 g/mol. The molecule has 2 heterocycles. The molecule has 1 unspecified atom stereocenters. The van der Waals surface area contributed by atoms with Crippen molar-refractivity contribution in [2.45, 2.75) is 45.2 Å². The lowest BCUT2D eigenvalue weighted by Crippen LogP contribution is -2.31. The third kappa shape index (κ3) is 2.97. The summed E-state index contributed by atoms with van der Waals surface area (Å²) < 4.78 is 17.0. The molecule has 7 nitrogen and oxygen atoms in total. The molecule has 0 amide bonds. The molecule has 8 heteroatoms. The second-order valence-electron chi connectivity index (χ2n) is 8.07. The van der Waals surface area contributed by atoms with Gasteiger partial charge in [0.25, 0.3) is 5.56 Å². The van der Waals surface area contributed by atoms with Gasteiger partial charge in [0.1, 0.15) is 11.7 Å². The summed E-state index contributed by atoms with van der Waals surface area (Å²) in [6, 6.07) is 2.83. The zero-order valence-electron chi connectivity index (χ0n) is 16.1. The molecule has 1 aromatic carbocycles. The van der Waals surface area contributed by atoms with Crippen LogP contribution in [-0.2, 0) is 0 Å². The smallest absolute Gasteiger partial charge is 0.252 e. The van der Waals surface area contributed by atoms with E-state index in [-0.39, 0.29) is 34.9 Å². The molecule has 0 bridgehead atoms. The summed E-state index contributed by atoms with van der Waals surface area (Å²) in [5.41, 5.74) is 9.63. The average molecular weight is 387 g/mol. The lowest BCUT2D eigenvalue weighted by Gasteiger charge is -2.25. The van der Waals surface area contributed by atoms with Crippen LogP contribution in [0.5, 0.6) is 0 Å². The van der Waals surface area contributed by atoms with Gasteiger partial charge in [0.2, 0.25) is 0 Å². The van der Waals surface area contributed by atoms with E-state index in [1.807, 2.05) is 18.7 Å². The Kier molecular flexibility index (Phi) is 4.63. The zero-order chi connectivity index (χ0) is 20.2. The minimum Gasteiger partial charge on any atom is -0.369 e. The third-order valence-corrected chi connectivity index (χ3v) is 6.08. The van der Waals surface area contributed by atoms with E-state index in [0.717, 1.165) is 25.8 Å². The number of amidine groups is 1. The number of fused-ring (bicyclic) bond motifs is 1.